The molecule has 4 bridgehead atoms. The molecule has 7 unspecified atom stereocenters. The van der Waals surface area contributed by atoms with E-state index in [2.05, 4.69) is 50.4 Å². The monoisotopic (exact) mass is 586 g/mol. The molecule has 8 heteroatoms. The first-order valence-corrected chi connectivity index (χ1v) is 16.5. The molecule has 0 aromatic carbocycles. The van der Waals surface area contributed by atoms with E-state index in [-0.39, 0.29) is 54.9 Å². The molecule has 0 radical (unpaired) electrons. The number of fused-ring (bicyclic) bond motifs is 4. The summed E-state index contributed by atoms with van der Waals surface area (Å²) >= 11 is 0. The number of ether oxygens (including phenoxy) is 4. The molecule has 8 nitrogen and oxygen atoms in total. The lowest BCUT2D eigenvalue weighted by Crippen LogP contribution is -2.46. The molecule has 4 aliphatic rings. The summed E-state index contributed by atoms with van der Waals surface area (Å²) < 4.78 is 24.5. The summed E-state index contributed by atoms with van der Waals surface area (Å²) in [5, 5.41) is 3.24. The van der Waals surface area contributed by atoms with Gasteiger partial charge in [-0.05, 0) is 76.7 Å². The Hall–Kier alpha value is -2.16. The minimum atomic E-state index is -0.338. The molecule has 3 fully saturated rings. The molecule has 0 aromatic rings. The zero-order chi connectivity index (χ0) is 29.7. The number of nitrogens with zero attached hydrogens (tertiary/aromatic N) is 1. The molecule has 4 aliphatic heterocycles. The Balaban J connectivity index is 1.33. The molecule has 1 N–H and O–H groups in total. The quantitative estimate of drug-likeness (QED) is 0.228. The average molecular weight is 587 g/mol. The van der Waals surface area contributed by atoms with E-state index in [1.54, 1.807) is 4.90 Å². The van der Waals surface area contributed by atoms with Crippen LogP contribution in [0.2, 0.25) is 0 Å². The van der Waals surface area contributed by atoms with E-state index < -0.39 is 0 Å². The maximum atomic E-state index is 13.2. The van der Waals surface area contributed by atoms with E-state index in [0.29, 0.717) is 25.6 Å². The van der Waals surface area contributed by atoms with Crippen LogP contribution in [0.4, 0.5) is 4.79 Å². The second-order valence-corrected chi connectivity index (χ2v) is 12.7. The van der Waals surface area contributed by atoms with E-state index in [1.807, 2.05) is 6.08 Å². The van der Waals surface area contributed by atoms with Crippen molar-refractivity contribution < 1.29 is 28.5 Å². The van der Waals surface area contributed by atoms with Crippen LogP contribution in [0.25, 0.3) is 0 Å². The number of hydrogen-bond donors (Lipinski definition) is 1. The molecule has 1 amide bonds. The number of nitrogens with one attached hydrogen (secondary N) is 1. The second kappa shape index (κ2) is 17.2. The Morgan fingerprint density at radius 3 is 2.52 bits per heavy atom. The van der Waals surface area contributed by atoms with Crippen LogP contribution in [0.5, 0.6) is 0 Å². The van der Waals surface area contributed by atoms with Gasteiger partial charge in [-0.15, -0.1) is 0 Å². The number of rotatable bonds is 6. The normalized spacial score (nSPS) is 34.4. The maximum Gasteiger partial charge on any atom is 0.409 e. The predicted octanol–water partition coefficient (Wildman–Crippen LogP) is 6.11. The summed E-state index contributed by atoms with van der Waals surface area (Å²) in [6.45, 7) is 9.91. The number of amides is 1. The zero-order valence-corrected chi connectivity index (χ0v) is 26.1. The average Bonchev–Trinajstić information content (AvgIpc) is 2.98. The highest BCUT2D eigenvalue weighted by atomic mass is 16.6. The lowest BCUT2D eigenvalue weighted by atomic mass is 9.90. The van der Waals surface area contributed by atoms with Gasteiger partial charge < -0.3 is 29.2 Å². The number of esters is 1. The second-order valence-electron chi connectivity index (χ2n) is 12.7. The SMILES string of the molecule is CC=C1CC2CC(=O)OC(C=CCCCCOC(=O)N3CCNCC3)C(C)C=CC(C)CC3CCCC(CC(C1)O2)O3. The molecule has 4 heterocycles. The highest BCUT2D eigenvalue weighted by molar-refractivity contribution is 5.70. The van der Waals surface area contributed by atoms with Crippen LogP contribution in [0.3, 0.4) is 0 Å². The predicted molar refractivity (Wildman–Crippen MR) is 164 cm³/mol. The van der Waals surface area contributed by atoms with E-state index in [1.165, 1.54) is 12.0 Å². The highest BCUT2D eigenvalue weighted by Gasteiger charge is 2.32. The van der Waals surface area contributed by atoms with Crippen molar-refractivity contribution in [2.24, 2.45) is 11.8 Å². The Morgan fingerprint density at radius 2 is 1.74 bits per heavy atom. The van der Waals surface area contributed by atoms with Crippen LogP contribution in [-0.2, 0) is 23.7 Å². The van der Waals surface area contributed by atoms with Gasteiger partial charge in [0.25, 0.3) is 0 Å². The number of cyclic esters (lactones) is 1. The molecular weight excluding hydrogens is 532 g/mol. The number of carbonyl (C=O) groups excluding carboxylic acids is 2. The number of hydrogen-bond acceptors (Lipinski definition) is 7. The van der Waals surface area contributed by atoms with Crippen molar-refractivity contribution in [2.45, 2.75) is 122 Å². The maximum absolute atomic E-state index is 13.2. The molecule has 3 saturated heterocycles. The fraction of sp³-hybridized carbons (Fsp3) is 0.765. The van der Waals surface area contributed by atoms with Gasteiger partial charge in [-0.1, -0.05) is 43.7 Å². The summed E-state index contributed by atoms with van der Waals surface area (Å²) in [6, 6.07) is 0. The minimum absolute atomic E-state index is 0.0479. The van der Waals surface area contributed by atoms with Gasteiger partial charge in [0.2, 0.25) is 0 Å². The molecule has 0 spiro atoms. The van der Waals surface area contributed by atoms with Gasteiger partial charge in [0, 0.05) is 38.5 Å². The van der Waals surface area contributed by atoms with Crippen LogP contribution in [0, 0.1) is 11.8 Å². The summed E-state index contributed by atoms with van der Waals surface area (Å²) in [6.07, 6.45) is 20.5. The lowest BCUT2D eigenvalue weighted by molar-refractivity contribution is -0.154. The molecule has 7 atom stereocenters. The Kier molecular flexibility index (Phi) is 13.4. The largest absolute Gasteiger partial charge is 0.457 e. The minimum Gasteiger partial charge on any atom is -0.457 e. The molecule has 4 rings (SSSR count). The van der Waals surface area contributed by atoms with Gasteiger partial charge in [0.1, 0.15) is 6.10 Å². The smallest absolute Gasteiger partial charge is 0.409 e. The van der Waals surface area contributed by atoms with Crippen molar-refractivity contribution >= 4 is 12.1 Å². The van der Waals surface area contributed by atoms with Gasteiger partial charge in [-0.25, -0.2) is 4.79 Å². The van der Waals surface area contributed by atoms with Crippen LogP contribution >= 0.6 is 0 Å². The van der Waals surface area contributed by atoms with Crippen molar-refractivity contribution in [1.82, 2.24) is 10.2 Å². The lowest BCUT2D eigenvalue weighted by Gasteiger charge is -2.37. The number of allylic oxidation sites excluding steroid dienone is 3. The summed E-state index contributed by atoms with van der Waals surface area (Å²) in [5.74, 6) is 0.227. The number of unbranched alkanes of at least 4 members (excludes halogenated alkanes) is 2. The van der Waals surface area contributed by atoms with E-state index >= 15 is 0 Å². The van der Waals surface area contributed by atoms with E-state index in [4.69, 9.17) is 18.9 Å². The van der Waals surface area contributed by atoms with Gasteiger partial charge in [0.05, 0.1) is 37.4 Å². The Morgan fingerprint density at radius 1 is 1.00 bits per heavy atom. The number of piperazine rings is 1. The first-order chi connectivity index (χ1) is 20.4. The molecular formula is C34H54N2O6. The van der Waals surface area contributed by atoms with Gasteiger partial charge in [-0.3, -0.25) is 4.79 Å². The molecule has 236 valence electrons. The standard InChI is InChI=1S/C34H54N2O6/c1-4-27-21-30-23-29-11-9-10-28(40-29)20-25(2)13-14-26(3)32(42-33(37)24-31(22-27)41-30)12-7-5-6-8-19-39-34(38)36-17-15-35-16-18-36/h4,7,12-14,25-26,28-32,35H,5-6,8-11,15-24H2,1-3H3. The Labute approximate surface area is 253 Å². The fourth-order valence-electron chi connectivity index (χ4n) is 6.52. The van der Waals surface area contributed by atoms with Gasteiger partial charge in [-0.2, -0.15) is 0 Å². The first-order valence-electron chi connectivity index (χ1n) is 16.5. The Bertz CT molecular complexity index is 942. The highest BCUT2D eigenvalue weighted by Crippen LogP contribution is 2.33. The summed E-state index contributed by atoms with van der Waals surface area (Å²) in [7, 11) is 0. The molecule has 0 aliphatic carbocycles. The third-order valence-electron chi connectivity index (χ3n) is 8.99. The molecule has 0 aromatic heterocycles. The van der Waals surface area contributed by atoms with Gasteiger partial charge in [0.15, 0.2) is 0 Å². The molecule has 42 heavy (non-hydrogen) atoms. The van der Waals surface area contributed by atoms with Crippen LogP contribution in [0.15, 0.2) is 36.0 Å². The third kappa shape index (κ3) is 10.8. The van der Waals surface area contributed by atoms with E-state index in [9.17, 15) is 9.59 Å². The van der Waals surface area contributed by atoms with Crippen molar-refractivity contribution in [3.05, 3.63) is 36.0 Å². The summed E-state index contributed by atoms with van der Waals surface area (Å²) in [4.78, 5) is 27.1. The van der Waals surface area contributed by atoms with Crippen LogP contribution in [-0.4, -0.2) is 80.3 Å². The van der Waals surface area contributed by atoms with Crippen LogP contribution < -0.4 is 5.32 Å². The summed E-state index contributed by atoms with van der Waals surface area (Å²) in [5.41, 5.74) is 1.36. The topological polar surface area (TPSA) is 86.3 Å². The van der Waals surface area contributed by atoms with Crippen LogP contribution in [0.1, 0.15) is 91.4 Å². The first kappa shape index (κ1) is 32.7. The van der Waals surface area contributed by atoms with E-state index in [0.717, 1.165) is 70.9 Å². The van der Waals surface area contributed by atoms with Crippen molar-refractivity contribution in [1.29, 1.82) is 0 Å². The van der Waals surface area contributed by atoms with Crippen molar-refractivity contribution in [3.63, 3.8) is 0 Å². The third-order valence-corrected chi connectivity index (χ3v) is 8.99. The molecule has 0 saturated carbocycles. The number of carbonyl (C=O) groups is 2. The van der Waals surface area contributed by atoms with Crippen molar-refractivity contribution in [3.8, 4) is 0 Å². The zero-order valence-electron chi connectivity index (χ0n) is 26.1. The van der Waals surface area contributed by atoms with Crippen molar-refractivity contribution in [2.75, 3.05) is 32.8 Å². The van der Waals surface area contributed by atoms with Gasteiger partial charge >= 0.3 is 12.1 Å². The fourth-order valence-corrected chi connectivity index (χ4v) is 6.52.